The molecule has 0 spiro atoms. The molecule has 0 atom stereocenters. The van der Waals surface area contributed by atoms with Crippen molar-refractivity contribution in [3.63, 3.8) is 0 Å². The van der Waals surface area contributed by atoms with Gasteiger partial charge >= 0.3 is 0 Å². The Hall–Kier alpha value is -1.56. The summed E-state index contributed by atoms with van der Waals surface area (Å²) < 4.78 is 0. The fourth-order valence-electron chi connectivity index (χ4n) is 2.49. The summed E-state index contributed by atoms with van der Waals surface area (Å²) in [6.07, 6.45) is 6.38. The maximum atomic E-state index is 5.78. The van der Waals surface area contributed by atoms with Crippen LogP contribution < -0.4 is 16.4 Å². The molecule has 0 unspecified atom stereocenters. The van der Waals surface area contributed by atoms with E-state index in [0.29, 0.717) is 12.0 Å². The molecule has 6 heteroatoms. The second-order valence-electron chi connectivity index (χ2n) is 5.71. The van der Waals surface area contributed by atoms with E-state index in [1.807, 2.05) is 20.2 Å². The summed E-state index contributed by atoms with van der Waals surface area (Å²) >= 11 is 0. The van der Waals surface area contributed by atoms with Gasteiger partial charge in [0.25, 0.3) is 0 Å². The van der Waals surface area contributed by atoms with Gasteiger partial charge in [-0.2, -0.15) is 9.97 Å². The number of nitrogens with zero attached hydrogens (tertiary/aromatic N) is 3. The first kappa shape index (κ1) is 14.8. The van der Waals surface area contributed by atoms with Crippen molar-refractivity contribution in [1.29, 1.82) is 0 Å². The number of rotatable bonds is 6. The van der Waals surface area contributed by atoms with Gasteiger partial charge in [-0.1, -0.05) is 19.3 Å². The SMILES string of the molecule is CN(C)CCNc1cc(NC2CCCCC2)nc(N)n1. The van der Waals surface area contributed by atoms with Crippen LogP contribution in [0.4, 0.5) is 17.6 Å². The third-order valence-electron chi connectivity index (χ3n) is 3.57. The lowest BCUT2D eigenvalue weighted by Crippen LogP contribution is -2.24. The maximum Gasteiger partial charge on any atom is 0.223 e. The second-order valence-corrected chi connectivity index (χ2v) is 5.71. The van der Waals surface area contributed by atoms with Crippen molar-refractivity contribution in [2.24, 2.45) is 0 Å². The molecule has 0 radical (unpaired) electrons. The van der Waals surface area contributed by atoms with Gasteiger partial charge in [-0.15, -0.1) is 0 Å². The number of nitrogens with one attached hydrogen (secondary N) is 2. The largest absolute Gasteiger partial charge is 0.369 e. The molecule has 4 N–H and O–H groups in total. The van der Waals surface area contributed by atoms with Crippen LogP contribution in [-0.4, -0.2) is 48.1 Å². The zero-order chi connectivity index (χ0) is 14.4. The van der Waals surface area contributed by atoms with Crippen molar-refractivity contribution in [3.8, 4) is 0 Å². The lowest BCUT2D eigenvalue weighted by molar-refractivity contribution is 0.425. The fraction of sp³-hybridized carbons (Fsp3) is 0.714. The molecule has 1 aromatic rings. The minimum Gasteiger partial charge on any atom is -0.369 e. The van der Waals surface area contributed by atoms with E-state index in [-0.39, 0.29) is 0 Å². The van der Waals surface area contributed by atoms with Gasteiger partial charge in [-0.25, -0.2) is 0 Å². The Morgan fingerprint density at radius 2 is 1.90 bits per heavy atom. The van der Waals surface area contributed by atoms with Crippen molar-refractivity contribution in [2.45, 2.75) is 38.1 Å². The normalized spacial score (nSPS) is 16.4. The number of nitrogens with two attached hydrogens (primary N) is 1. The van der Waals surface area contributed by atoms with Crippen molar-refractivity contribution in [3.05, 3.63) is 6.07 Å². The van der Waals surface area contributed by atoms with Crippen LogP contribution in [-0.2, 0) is 0 Å². The number of hydrogen-bond donors (Lipinski definition) is 3. The van der Waals surface area contributed by atoms with Gasteiger partial charge in [0.15, 0.2) is 0 Å². The average molecular weight is 278 g/mol. The summed E-state index contributed by atoms with van der Waals surface area (Å²) in [6, 6.07) is 2.47. The Morgan fingerprint density at radius 1 is 1.20 bits per heavy atom. The van der Waals surface area contributed by atoms with Gasteiger partial charge < -0.3 is 21.3 Å². The lowest BCUT2D eigenvalue weighted by atomic mass is 9.95. The quantitative estimate of drug-likeness (QED) is 0.736. The van der Waals surface area contributed by atoms with Gasteiger partial charge in [0, 0.05) is 25.2 Å². The average Bonchev–Trinajstić information content (AvgIpc) is 2.38. The highest BCUT2D eigenvalue weighted by Crippen LogP contribution is 2.22. The van der Waals surface area contributed by atoms with E-state index in [9.17, 15) is 0 Å². The van der Waals surface area contributed by atoms with Gasteiger partial charge in [0.05, 0.1) is 0 Å². The van der Waals surface area contributed by atoms with Crippen molar-refractivity contribution < 1.29 is 0 Å². The molecule has 1 heterocycles. The van der Waals surface area contributed by atoms with Crippen LogP contribution in [0, 0.1) is 0 Å². The molecule has 6 nitrogen and oxygen atoms in total. The minimum atomic E-state index is 0.318. The molecule has 2 rings (SSSR count). The Morgan fingerprint density at radius 3 is 2.60 bits per heavy atom. The molecule has 1 aliphatic carbocycles. The summed E-state index contributed by atoms with van der Waals surface area (Å²) in [5.41, 5.74) is 5.78. The standard InChI is InChI=1S/C14H26N6/c1-20(2)9-8-16-12-10-13(19-14(15)18-12)17-11-6-4-3-5-7-11/h10-11H,3-9H2,1-2H3,(H4,15,16,17,18,19). The summed E-state index contributed by atoms with van der Waals surface area (Å²) in [5.74, 6) is 1.94. The topological polar surface area (TPSA) is 79.1 Å². The van der Waals surface area contributed by atoms with Gasteiger partial charge in [-0.05, 0) is 26.9 Å². The van der Waals surface area contributed by atoms with E-state index in [1.165, 1.54) is 32.1 Å². The van der Waals surface area contributed by atoms with Crippen LogP contribution in [0.15, 0.2) is 6.07 Å². The zero-order valence-corrected chi connectivity index (χ0v) is 12.5. The molecule has 0 bridgehead atoms. The Labute approximate surface area is 121 Å². The van der Waals surface area contributed by atoms with Crippen LogP contribution in [0.3, 0.4) is 0 Å². The van der Waals surface area contributed by atoms with Gasteiger partial charge in [0.1, 0.15) is 11.6 Å². The monoisotopic (exact) mass is 278 g/mol. The van der Waals surface area contributed by atoms with Gasteiger partial charge in [-0.3, -0.25) is 0 Å². The molecule has 0 amide bonds. The first-order valence-corrected chi connectivity index (χ1v) is 7.43. The highest BCUT2D eigenvalue weighted by molar-refractivity contribution is 5.51. The third-order valence-corrected chi connectivity index (χ3v) is 3.57. The number of aromatic nitrogens is 2. The Kier molecular flexibility index (Phi) is 5.40. The van der Waals surface area contributed by atoms with E-state index in [2.05, 4.69) is 25.5 Å². The Bertz CT molecular complexity index is 414. The zero-order valence-electron chi connectivity index (χ0n) is 12.5. The molecular formula is C14H26N6. The van der Waals surface area contributed by atoms with Crippen LogP contribution in [0.5, 0.6) is 0 Å². The molecule has 112 valence electrons. The van der Waals surface area contributed by atoms with Crippen LogP contribution >= 0.6 is 0 Å². The first-order chi connectivity index (χ1) is 9.63. The minimum absolute atomic E-state index is 0.318. The molecule has 0 saturated heterocycles. The predicted octanol–water partition coefficient (Wildman–Crippen LogP) is 1.78. The van der Waals surface area contributed by atoms with E-state index in [1.54, 1.807) is 0 Å². The first-order valence-electron chi connectivity index (χ1n) is 7.43. The van der Waals surface area contributed by atoms with E-state index < -0.39 is 0 Å². The van der Waals surface area contributed by atoms with Crippen LogP contribution in [0.1, 0.15) is 32.1 Å². The van der Waals surface area contributed by atoms with Crippen molar-refractivity contribution in [1.82, 2.24) is 14.9 Å². The smallest absolute Gasteiger partial charge is 0.223 e. The second kappa shape index (κ2) is 7.28. The number of likely N-dealkylation sites (N-methyl/N-ethyl adjacent to an activating group) is 1. The Balaban J connectivity index is 1.93. The summed E-state index contributed by atoms with van der Waals surface area (Å²) in [5, 5.41) is 6.76. The van der Waals surface area contributed by atoms with Gasteiger partial charge in [0.2, 0.25) is 5.95 Å². The molecule has 1 saturated carbocycles. The lowest BCUT2D eigenvalue weighted by Gasteiger charge is -2.23. The highest BCUT2D eigenvalue weighted by Gasteiger charge is 2.14. The molecule has 0 aromatic carbocycles. The van der Waals surface area contributed by atoms with Crippen LogP contribution in [0.25, 0.3) is 0 Å². The summed E-state index contributed by atoms with van der Waals surface area (Å²) in [7, 11) is 4.10. The van der Waals surface area contributed by atoms with Crippen LogP contribution in [0.2, 0.25) is 0 Å². The van der Waals surface area contributed by atoms with Crippen molar-refractivity contribution >= 4 is 17.6 Å². The molecule has 1 fully saturated rings. The number of hydrogen-bond acceptors (Lipinski definition) is 6. The summed E-state index contributed by atoms with van der Waals surface area (Å²) in [4.78, 5) is 10.6. The fourth-order valence-corrected chi connectivity index (χ4v) is 2.49. The van der Waals surface area contributed by atoms with E-state index in [0.717, 1.165) is 24.7 Å². The van der Waals surface area contributed by atoms with Crippen molar-refractivity contribution in [2.75, 3.05) is 43.6 Å². The number of nitrogen functional groups attached to an aromatic ring is 1. The third kappa shape index (κ3) is 4.85. The molecule has 1 aromatic heterocycles. The molecule has 0 aliphatic heterocycles. The highest BCUT2D eigenvalue weighted by atomic mass is 15.1. The maximum absolute atomic E-state index is 5.78. The van der Waals surface area contributed by atoms with E-state index in [4.69, 9.17) is 5.73 Å². The number of anilines is 3. The molecule has 20 heavy (non-hydrogen) atoms. The summed E-state index contributed by atoms with van der Waals surface area (Å²) in [6.45, 7) is 1.79. The predicted molar refractivity (Wildman–Crippen MR) is 84.0 cm³/mol. The van der Waals surface area contributed by atoms with E-state index >= 15 is 0 Å². The molecular weight excluding hydrogens is 252 g/mol. The molecule has 1 aliphatic rings.